The summed E-state index contributed by atoms with van der Waals surface area (Å²) in [6, 6.07) is 4.32. The highest BCUT2D eigenvalue weighted by atomic mass is 35.5. The number of nitrogens with zero attached hydrogens (tertiary/aromatic N) is 1. The van der Waals surface area contributed by atoms with Crippen molar-refractivity contribution in [3.63, 3.8) is 0 Å². The van der Waals surface area contributed by atoms with Gasteiger partial charge >= 0.3 is 12.1 Å². The van der Waals surface area contributed by atoms with Crippen molar-refractivity contribution in [3.05, 3.63) is 64.2 Å². The summed E-state index contributed by atoms with van der Waals surface area (Å²) in [6.07, 6.45) is -4.58. The Morgan fingerprint density at radius 1 is 1.20 bits per heavy atom. The molecule has 0 bridgehead atoms. The highest BCUT2D eigenvalue weighted by Gasteiger charge is 2.46. The van der Waals surface area contributed by atoms with Crippen LogP contribution >= 0.6 is 11.6 Å². The number of benzene rings is 1. The number of carbonyl (C=O) groups is 1. The van der Waals surface area contributed by atoms with E-state index in [4.69, 9.17) is 11.6 Å². The van der Waals surface area contributed by atoms with Gasteiger partial charge in [0, 0.05) is 17.6 Å². The molecular weight excluding hydrogens is 448 g/mol. The first-order chi connectivity index (χ1) is 13.6. The molecule has 164 valence electrons. The average Bonchev–Trinajstić information content (AvgIpc) is 2.59. The van der Waals surface area contributed by atoms with Gasteiger partial charge in [-0.3, -0.25) is 9.78 Å². The third kappa shape index (κ3) is 5.63. The zero-order chi connectivity index (χ0) is 22.9. The van der Waals surface area contributed by atoms with Crippen LogP contribution in [0.3, 0.4) is 0 Å². The van der Waals surface area contributed by atoms with Crippen molar-refractivity contribution in [3.8, 4) is 0 Å². The lowest BCUT2D eigenvalue weighted by Gasteiger charge is -2.37. The molecule has 5 nitrogen and oxygen atoms in total. The second kappa shape index (κ2) is 8.70. The molecule has 1 unspecified atom stereocenters. The number of halogens is 5. The zero-order valence-corrected chi connectivity index (χ0v) is 17.8. The molecule has 0 aliphatic rings. The van der Waals surface area contributed by atoms with E-state index < -0.39 is 51.6 Å². The monoisotopic (exact) mass is 466 g/mol. The van der Waals surface area contributed by atoms with Crippen molar-refractivity contribution in [2.24, 2.45) is 0 Å². The molecule has 0 radical (unpaired) electrons. The van der Waals surface area contributed by atoms with Gasteiger partial charge in [0.2, 0.25) is 0 Å². The molecule has 0 amide bonds. The number of hydrogen-bond donors (Lipinski definition) is 2. The maximum absolute atomic E-state index is 14.2. The minimum Gasteiger partial charge on any atom is -0.598 e. The van der Waals surface area contributed by atoms with Gasteiger partial charge in [0.1, 0.15) is 16.1 Å². The van der Waals surface area contributed by atoms with Crippen molar-refractivity contribution in [1.82, 2.24) is 9.71 Å². The topological polar surface area (TPSA) is 85.3 Å². The Labute approximate surface area is 178 Å². The van der Waals surface area contributed by atoms with Crippen LogP contribution in [0.4, 0.5) is 17.6 Å². The number of aromatic nitrogens is 1. The lowest BCUT2D eigenvalue weighted by Crippen LogP contribution is -2.53. The van der Waals surface area contributed by atoms with Crippen LogP contribution in [-0.2, 0) is 27.9 Å². The fourth-order valence-corrected chi connectivity index (χ4v) is 3.68. The smallest absolute Gasteiger partial charge is 0.416 e. The van der Waals surface area contributed by atoms with Gasteiger partial charge in [-0.05, 0) is 56.7 Å². The van der Waals surface area contributed by atoms with E-state index in [2.05, 4.69) is 9.71 Å². The molecule has 1 heterocycles. The molecule has 1 aromatic carbocycles. The van der Waals surface area contributed by atoms with E-state index in [0.29, 0.717) is 12.1 Å². The molecule has 0 aliphatic carbocycles. The third-order valence-electron chi connectivity index (χ3n) is 4.12. The predicted molar refractivity (Wildman–Crippen MR) is 105 cm³/mol. The maximum atomic E-state index is 14.2. The molecule has 1 aromatic heterocycles. The molecule has 0 fully saturated rings. The first-order valence-electron chi connectivity index (χ1n) is 8.57. The standard InChI is InChI=1S/C19H19ClF4N2O3S/c1-17(2,3)30(29)26-18(9-16(27)28,15-5-4-13(20)10-25-15)11-6-12(19(22,23)24)8-14(21)7-11/h4-8,10,26H,9H2,1-3H3,(H,27,28)/t18-,30?/m0/s1. The lowest BCUT2D eigenvalue weighted by atomic mass is 9.83. The molecule has 0 aliphatic heterocycles. The number of nitrogens with one attached hydrogen (secondary N) is 1. The molecule has 11 heteroatoms. The first-order valence-corrected chi connectivity index (χ1v) is 10.1. The summed E-state index contributed by atoms with van der Waals surface area (Å²) < 4.78 is 68.7. The van der Waals surface area contributed by atoms with E-state index in [-0.39, 0.29) is 16.3 Å². The fourth-order valence-electron chi connectivity index (χ4n) is 2.65. The molecule has 2 rings (SSSR count). The van der Waals surface area contributed by atoms with Crippen LogP contribution in [-0.4, -0.2) is 25.4 Å². The van der Waals surface area contributed by atoms with Gasteiger partial charge in [-0.1, -0.05) is 11.6 Å². The van der Waals surface area contributed by atoms with Gasteiger partial charge in [0.25, 0.3) is 0 Å². The quantitative estimate of drug-likeness (QED) is 0.477. The molecule has 30 heavy (non-hydrogen) atoms. The Balaban J connectivity index is 2.84. The van der Waals surface area contributed by atoms with Gasteiger partial charge in [-0.2, -0.15) is 13.2 Å². The highest BCUT2D eigenvalue weighted by Crippen LogP contribution is 2.39. The van der Waals surface area contributed by atoms with E-state index in [1.54, 1.807) is 20.8 Å². The third-order valence-corrected chi connectivity index (χ3v) is 5.99. The Bertz CT molecular complexity index is 919. The second-order valence-corrected chi connectivity index (χ2v) is 9.95. The summed E-state index contributed by atoms with van der Waals surface area (Å²) in [6.45, 7) is 4.76. The summed E-state index contributed by atoms with van der Waals surface area (Å²) in [5.41, 5.74) is -3.81. The van der Waals surface area contributed by atoms with Gasteiger partial charge in [0.05, 0.1) is 22.7 Å². The minimum absolute atomic E-state index is 0.0781. The van der Waals surface area contributed by atoms with Crippen molar-refractivity contribution in [2.45, 2.75) is 43.7 Å². The van der Waals surface area contributed by atoms with E-state index in [9.17, 15) is 32.0 Å². The zero-order valence-electron chi connectivity index (χ0n) is 16.2. The number of aliphatic carboxylic acids is 1. The summed E-state index contributed by atoms with van der Waals surface area (Å²) >= 11 is 3.88. The molecule has 2 N–H and O–H groups in total. The normalized spacial score (nSPS) is 15.5. The van der Waals surface area contributed by atoms with Crippen LogP contribution in [0.1, 0.15) is 44.0 Å². The molecule has 0 spiro atoms. The van der Waals surface area contributed by atoms with Crippen LogP contribution in [0.15, 0.2) is 36.5 Å². The number of carboxylic acids is 1. The summed E-state index contributed by atoms with van der Waals surface area (Å²) in [5, 5.41) is 9.72. The van der Waals surface area contributed by atoms with Gasteiger partial charge < -0.3 is 9.66 Å². The number of rotatable bonds is 6. The van der Waals surface area contributed by atoms with E-state index in [1.807, 2.05) is 0 Å². The van der Waals surface area contributed by atoms with Crippen molar-refractivity contribution in [1.29, 1.82) is 0 Å². The number of hydrogen-bond acceptors (Lipinski definition) is 4. The number of pyridine rings is 1. The molecule has 2 atom stereocenters. The molecule has 0 saturated heterocycles. The van der Waals surface area contributed by atoms with E-state index >= 15 is 0 Å². The van der Waals surface area contributed by atoms with Gasteiger partial charge in [-0.15, -0.1) is 4.72 Å². The Kier molecular flexibility index (Phi) is 7.07. The Hall–Kier alpha value is -1.88. The SMILES string of the molecule is CC(C)(C)[S+]([O-])N[C@@](CC(=O)O)(c1cc(F)cc(C(F)(F)F)c1)c1ccc(Cl)cn1. The van der Waals surface area contributed by atoms with E-state index in [0.717, 1.165) is 6.07 Å². The molecule has 2 aromatic rings. The van der Waals surface area contributed by atoms with Gasteiger partial charge in [-0.25, -0.2) is 4.39 Å². The maximum Gasteiger partial charge on any atom is 0.416 e. The first kappa shape index (κ1) is 24.4. The van der Waals surface area contributed by atoms with Crippen LogP contribution in [0.2, 0.25) is 5.02 Å². The summed E-state index contributed by atoms with van der Waals surface area (Å²) in [7, 11) is 0. The second-order valence-electron chi connectivity index (χ2n) is 7.55. The van der Waals surface area contributed by atoms with Crippen molar-refractivity contribution in [2.75, 3.05) is 0 Å². The largest absolute Gasteiger partial charge is 0.598 e. The highest BCUT2D eigenvalue weighted by molar-refractivity contribution is 7.90. The number of alkyl halides is 3. The Morgan fingerprint density at radius 3 is 2.27 bits per heavy atom. The van der Waals surface area contributed by atoms with Crippen LogP contribution in [0, 0.1) is 5.82 Å². The predicted octanol–water partition coefficient (Wildman–Crippen LogP) is 4.66. The van der Waals surface area contributed by atoms with Crippen LogP contribution in [0.5, 0.6) is 0 Å². The average molecular weight is 467 g/mol. The Morgan fingerprint density at radius 2 is 1.80 bits per heavy atom. The fraction of sp³-hybridized carbons (Fsp3) is 0.368. The van der Waals surface area contributed by atoms with Crippen molar-refractivity contribution >= 4 is 28.9 Å². The number of carboxylic acid groups (broad SMARTS) is 1. The lowest BCUT2D eigenvalue weighted by molar-refractivity contribution is -0.138. The van der Waals surface area contributed by atoms with E-state index in [1.165, 1.54) is 18.3 Å². The minimum atomic E-state index is -4.89. The van der Waals surface area contributed by atoms with Crippen LogP contribution in [0.25, 0.3) is 0 Å². The summed E-state index contributed by atoms with van der Waals surface area (Å²) in [5.74, 6) is -2.66. The van der Waals surface area contributed by atoms with Crippen LogP contribution < -0.4 is 4.72 Å². The summed E-state index contributed by atoms with van der Waals surface area (Å²) in [4.78, 5) is 15.8. The van der Waals surface area contributed by atoms with Gasteiger partial charge in [0.15, 0.2) is 0 Å². The molecule has 0 saturated carbocycles. The van der Waals surface area contributed by atoms with Crippen molar-refractivity contribution < 1.29 is 32.0 Å². The molecular formula is C19H19ClF4N2O3S.